The lowest BCUT2D eigenvalue weighted by Gasteiger charge is -2.43. The Kier molecular flexibility index (Phi) is 3.83. The third-order valence-electron chi connectivity index (χ3n) is 6.87. The Morgan fingerprint density at radius 3 is 2.76 bits per heavy atom. The van der Waals surface area contributed by atoms with Crippen LogP contribution < -0.4 is 0 Å². The van der Waals surface area contributed by atoms with Crippen LogP contribution in [0.4, 0.5) is 0 Å². The summed E-state index contributed by atoms with van der Waals surface area (Å²) in [5.41, 5.74) is 6.50. The number of carbonyl (C=O) groups is 1. The molecule has 3 aliphatic heterocycles. The molecule has 1 spiro atoms. The predicted molar refractivity (Wildman–Crippen MR) is 110 cm³/mol. The number of aromatic amines is 1. The highest BCUT2D eigenvalue weighted by molar-refractivity contribution is 5.96. The number of nitrogens with zero attached hydrogens (tertiary/aromatic N) is 1. The average Bonchev–Trinajstić information content (AvgIpc) is 3.39. The lowest BCUT2D eigenvalue weighted by Crippen LogP contribution is -2.48. The van der Waals surface area contributed by atoms with E-state index in [-0.39, 0.29) is 11.5 Å². The van der Waals surface area contributed by atoms with Crippen LogP contribution in [0, 0.1) is 0 Å². The van der Waals surface area contributed by atoms with Crippen molar-refractivity contribution in [2.75, 3.05) is 19.7 Å². The van der Waals surface area contributed by atoms with Crippen LogP contribution in [-0.4, -0.2) is 35.5 Å². The SMILES string of the molecule is O=C(c1cccc2c1COC2)N1CCC2(CC1)OCCc1c2[nH]c2ccccc12. The van der Waals surface area contributed by atoms with Crippen LogP contribution >= 0.6 is 0 Å². The van der Waals surface area contributed by atoms with Crippen molar-refractivity contribution in [3.05, 3.63) is 70.4 Å². The molecule has 1 aromatic heterocycles. The quantitative estimate of drug-likeness (QED) is 0.688. The van der Waals surface area contributed by atoms with Gasteiger partial charge in [-0.2, -0.15) is 0 Å². The summed E-state index contributed by atoms with van der Waals surface area (Å²) in [7, 11) is 0. The molecule has 0 aliphatic carbocycles. The Morgan fingerprint density at radius 1 is 1.00 bits per heavy atom. The van der Waals surface area contributed by atoms with E-state index in [1.54, 1.807) is 0 Å². The van der Waals surface area contributed by atoms with E-state index in [0.29, 0.717) is 26.3 Å². The lowest BCUT2D eigenvalue weighted by molar-refractivity contribution is -0.0957. The number of ether oxygens (including phenoxy) is 2. The van der Waals surface area contributed by atoms with E-state index in [4.69, 9.17) is 9.47 Å². The largest absolute Gasteiger partial charge is 0.372 e. The number of hydrogen-bond donors (Lipinski definition) is 1. The fraction of sp³-hybridized carbons (Fsp3) is 0.375. The van der Waals surface area contributed by atoms with Gasteiger partial charge in [-0.1, -0.05) is 30.3 Å². The van der Waals surface area contributed by atoms with Gasteiger partial charge in [-0.3, -0.25) is 4.79 Å². The molecule has 1 amide bonds. The minimum atomic E-state index is -0.300. The standard InChI is InChI=1S/C24H24N2O3/c27-23(19-6-3-4-16-14-28-15-20(16)19)26-11-9-24(10-12-26)22-18(8-13-29-24)17-5-1-2-7-21(17)25-22/h1-7,25H,8-15H2. The third-order valence-corrected chi connectivity index (χ3v) is 6.87. The summed E-state index contributed by atoms with van der Waals surface area (Å²) in [4.78, 5) is 18.9. The van der Waals surface area contributed by atoms with E-state index in [1.807, 2.05) is 17.0 Å². The first-order valence-corrected chi connectivity index (χ1v) is 10.5. The first kappa shape index (κ1) is 17.2. The van der Waals surface area contributed by atoms with Gasteiger partial charge in [0.15, 0.2) is 0 Å². The second kappa shape index (κ2) is 6.44. The number of piperidine rings is 1. The van der Waals surface area contributed by atoms with Gasteiger partial charge in [-0.15, -0.1) is 0 Å². The van der Waals surface area contributed by atoms with Gasteiger partial charge in [0.25, 0.3) is 5.91 Å². The highest BCUT2D eigenvalue weighted by Crippen LogP contribution is 2.43. The number of likely N-dealkylation sites (tertiary alicyclic amines) is 1. The molecule has 0 saturated carbocycles. The molecule has 4 heterocycles. The van der Waals surface area contributed by atoms with Crippen molar-refractivity contribution in [1.82, 2.24) is 9.88 Å². The zero-order chi connectivity index (χ0) is 19.4. The number of para-hydroxylation sites is 1. The first-order chi connectivity index (χ1) is 14.3. The summed E-state index contributed by atoms with van der Waals surface area (Å²) in [5.74, 6) is 0.120. The molecule has 148 valence electrons. The van der Waals surface area contributed by atoms with Crippen molar-refractivity contribution in [3.8, 4) is 0 Å². The van der Waals surface area contributed by atoms with Gasteiger partial charge < -0.3 is 19.4 Å². The minimum Gasteiger partial charge on any atom is -0.372 e. The van der Waals surface area contributed by atoms with Gasteiger partial charge in [0.1, 0.15) is 5.60 Å². The van der Waals surface area contributed by atoms with E-state index >= 15 is 0 Å². The van der Waals surface area contributed by atoms with Crippen molar-refractivity contribution >= 4 is 16.8 Å². The summed E-state index contributed by atoms with van der Waals surface area (Å²) in [6.45, 7) is 3.30. The average molecular weight is 388 g/mol. The highest BCUT2D eigenvalue weighted by atomic mass is 16.5. The maximum Gasteiger partial charge on any atom is 0.254 e. The number of benzene rings is 2. The molecule has 1 fully saturated rings. The molecule has 3 aromatic rings. The van der Waals surface area contributed by atoms with Crippen molar-refractivity contribution in [3.63, 3.8) is 0 Å². The van der Waals surface area contributed by atoms with E-state index in [1.165, 1.54) is 22.2 Å². The predicted octanol–water partition coefficient (Wildman–Crippen LogP) is 3.90. The molecule has 5 nitrogen and oxygen atoms in total. The number of aromatic nitrogens is 1. The van der Waals surface area contributed by atoms with E-state index in [9.17, 15) is 4.79 Å². The molecule has 1 saturated heterocycles. The van der Waals surface area contributed by atoms with Crippen LogP contribution in [0.2, 0.25) is 0 Å². The summed E-state index contributed by atoms with van der Waals surface area (Å²) in [6, 6.07) is 14.5. The van der Waals surface area contributed by atoms with Crippen LogP contribution in [0.5, 0.6) is 0 Å². The van der Waals surface area contributed by atoms with E-state index in [2.05, 4.69) is 35.3 Å². The number of nitrogens with one attached hydrogen (secondary N) is 1. The summed E-state index contributed by atoms with van der Waals surface area (Å²) >= 11 is 0. The first-order valence-electron chi connectivity index (χ1n) is 10.5. The van der Waals surface area contributed by atoms with Gasteiger partial charge in [-0.05, 0) is 48.1 Å². The van der Waals surface area contributed by atoms with Gasteiger partial charge in [0.05, 0.1) is 25.5 Å². The topological polar surface area (TPSA) is 54.6 Å². The maximum absolute atomic E-state index is 13.2. The van der Waals surface area contributed by atoms with Gasteiger partial charge in [0.2, 0.25) is 0 Å². The van der Waals surface area contributed by atoms with Gasteiger partial charge in [0, 0.05) is 29.6 Å². The highest BCUT2D eigenvalue weighted by Gasteiger charge is 2.43. The number of H-pyrrole nitrogens is 1. The molecule has 3 aliphatic rings. The third kappa shape index (κ3) is 2.57. The number of amides is 1. The Morgan fingerprint density at radius 2 is 1.86 bits per heavy atom. The molecule has 0 radical (unpaired) electrons. The Bertz CT molecular complexity index is 1110. The molecule has 2 aromatic carbocycles. The van der Waals surface area contributed by atoms with Gasteiger partial charge >= 0.3 is 0 Å². The molecule has 0 unspecified atom stereocenters. The Hall–Kier alpha value is -2.63. The summed E-state index contributed by atoms with van der Waals surface area (Å²) < 4.78 is 11.9. The Labute approximate surface area is 169 Å². The van der Waals surface area contributed by atoms with Crippen LogP contribution in [0.15, 0.2) is 42.5 Å². The molecule has 1 N–H and O–H groups in total. The second-order valence-electron chi connectivity index (χ2n) is 8.35. The molecule has 0 bridgehead atoms. The van der Waals surface area contributed by atoms with Crippen LogP contribution in [0.25, 0.3) is 10.9 Å². The normalized spacial score (nSPS) is 20.1. The summed E-state index contributed by atoms with van der Waals surface area (Å²) in [6.07, 6.45) is 2.59. The fourth-order valence-electron chi connectivity index (χ4n) is 5.31. The zero-order valence-electron chi connectivity index (χ0n) is 16.4. The lowest BCUT2D eigenvalue weighted by atomic mass is 9.83. The van der Waals surface area contributed by atoms with E-state index < -0.39 is 0 Å². The number of hydrogen-bond acceptors (Lipinski definition) is 3. The molecule has 29 heavy (non-hydrogen) atoms. The van der Waals surface area contributed by atoms with Gasteiger partial charge in [-0.25, -0.2) is 0 Å². The molecule has 6 rings (SSSR count). The van der Waals surface area contributed by atoms with Crippen molar-refractivity contribution in [1.29, 1.82) is 0 Å². The Balaban J connectivity index is 1.28. The monoisotopic (exact) mass is 388 g/mol. The molecule has 5 heteroatoms. The van der Waals surface area contributed by atoms with Crippen molar-refractivity contribution in [2.24, 2.45) is 0 Å². The maximum atomic E-state index is 13.2. The minimum absolute atomic E-state index is 0.120. The second-order valence-corrected chi connectivity index (χ2v) is 8.35. The van der Waals surface area contributed by atoms with Crippen LogP contribution in [0.1, 0.15) is 45.6 Å². The van der Waals surface area contributed by atoms with Crippen molar-refractivity contribution < 1.29 is 14.3 Å². The smallest absolute Gasteiger partial charge is 0.254 e. The number of fused-ring (bicyclic) bond motifs is 5. The number of carbonyl (C=O) groups excluding carboxylic acids is 1. The molecular weight excluding hydrogens is 364 g/mol. The van der Waals surface area contributed by atoms with Crippen LogP contribution in [0.3, 0.4) is 0 Å². The van der Waals surface area contributed by atoms with Crippen LogP contribution in [-0.2, 0) is 34.7 Å². The van der Waals surface area contributed by atoms with Crippen molar-refractivity contribution in [2.45, 2.75) is 38.1 Å². The zero-order valence-corrected chi connectivity index (χ0v) is 16.4. The molecule has 0 atom stereocenters. The molecular formula is C24H24N2O3. The fourth-order valence-corrected chi connectivity index (χ4v) is 5.31. The van der Waals surface area contributed by atoms with E-state index in [0.717, 1.165) is 42.6 Å². The summed E-state index contributed by atoms with van der Waals surface area (Å²) in [5, 5.41) is 1.31. The number of rotatable bonds is 1.